The summed E-state index contributed by atoms with van der Waals surface area (Å²) in [7, 11) is 1.55. The first-order valence-electron chi connectivity index (χ1n) is 3.21. The van der Waals surface area contributed by atoms with E-state index in [0.717, 1.165) is 0 Å². The zero-order valence-electron chi connectivity index (χ0n) is 5.88. The van der Waals surface area contributed by atoms with Gasteiger partial charge in [0, 0.05) is 12.1 Å². The lowest BCUT2D eigenvalue weighted by Crippen LogP contribution is -2.07. The summed E-state index contributed by atoms with van der Waals surface area (Å²) in [6.45, 7) is -0.336. The van der Waals surface area contributed by atoms with E-state index in [2.05, 4.69) is 4.99 Å². The minimum atomic E-state index is -0.336. The number of rotatable bonds is 2. The summed E-state index contributed by atoms with van der Waals surface area (Å²) in [6, 6.07) is 0. The molecule has 10 heavy (non-hydrogen) atoms. The Balaban J connectivity index is 2.46. The van der Waals surface area contributed by atoms with Gasteiger partial charge in [0.1, 0.15) is 0 Å². The van der Waals surface area contributed by atoms with E-state index in [0.29, 0.717) is 12.3 Å². The van der Waals surface area contributed by atoms with Crippen LogP contribution in [0.25, 0.3) is 0 Å². The average Bonchev–Trinajstić information content (AvgIpc) is 2.05. The molecule has 0 aliphatic carbocycles. The number of methoxy groups -OCH3 is 1. The summed E-state index contributed by atoms with van der Waals surface area (Å²) in [6.07, 6.45) is 4.09. The average molecular weight is 143 g/mol. The summed E-state index contributed by atoms with van der Waals surface area (Å²) in [4.78, 5) is 3.87. The van der Waals surface area contributed by atoms with Gasteiger partial charge in [0.25, 0.3) is 0 Å². The van der Waals surface area contributed by atoms with Gasteiger partial charge in [-0.2, -0.15) is 0 Å². The van der Waals surface area contributed by atoms with E-state index in [-0.39, 0.29) is 12.6 Å². The van der Waals surface area contributed by atoms with Gasteiger partial charge in [-0.25, -0.2) is 4.99 Å². The van der Waals surface area contributed by atoms with E-state index in [1.54, 1.807) is 19.4 Å². The quantitative estimate of drug-likeness (QED) is 0.574. The molecule has 0 saturated heterocycles. The maximum Gasteiger partial charge on any atom is 0.208 e. The van der Waals surface area contributed by atoms with Gasteiger partial charge in [0.2, 0.25) is 5.88 Å². The van der Waals surface area contributed by atoms with Crippen molar-refractivity contribution in [3.63, 3.8) is 0 Å². The molecule has 0 saturated carbocycles. The molecule has 0 bridgehead atoms. The highest BCUT2D eigenvalue weighted by Gasteiger charge is 2.08. The van der Waals surface area contributed by atoms with E-state index < -0.39 is 0 Å². The minimum Gasteiger partial charge on any atom is -0.481 e. The fourth-order valence-electron chi connectivity index (χ4n) is 0.783. The molecule has 1 rings (SSSR count). The van der Waals surface area contributed by atoms with Gasteiger partial charge in [-0.15, -0.1) is 0 Å². The van der Waals surface area contributed by atoms with Crippen molar-refractivity contribution in [3.05, 3.63) is 12.0 Å². The van der Waals surface area contributed by atoms with Crippen LogP contribution in [0, 0.1) is 5.92 Å². The number of hydrogen-bond donors (Lipinski definition) is 0. The highest BCUT2D eigenvalue weighted by atomic mass is 19.1. The zero-order chi connectivity index (χ0) is 7.40. The maximum atomic E-state index is 11.9. The van der Waals surface area contributed by atoms with E-state index in [1.807, 2.05) is 0 Å². The Hall–Kier alpha value is -0.860. The summed E-state index contributed by atoms with van der Waals surface area (Å²) < 4.78 is 16.8. The molecule has 1 atom stereocenters. The van der Waals surface area contributed by atoms with Gasteiger partial charge in [-0.3, -0.25) is 4.39 Å². The maximum absolute atomic E-state index is 11.9. The lowest BCUT2D eigenvalue weighted by atomic mass is 10.1. The monoisotopic (exact) mass is 143 g/mol. The Morgan fingerprint density at radius 2 is 2.70 bits per heavy atom. The third kappa shape index (κ3) is 1.56. The van der Waals surface area contributed by atoms with E-state index in [4.69, 9.17) is 4.74 Å². The first-order valence-corrected chi connectivity index (χ1v) is 3.21. The molecule has 0 aromatic heterocycles. The lowest BCUT2D eigenvalue weighted by Gasteiger charge is -2.09. The molecule has 0 amide bonds. The van der Waals surface area contributed by atoms with Crippen LogP contribution in [0.3, 0.4) is 0 Å². The van der Waals surface area contributed by atoms with Crippen molar-refractivity contribution in [2.45, 2.75) is 6.42 Å². The van der Waals surface area contributed by atoms with Crippen molar-refractivity contribution >= 4 is 6.21 Å². The third-order valence-corrected chi connectivity index (χ3v) is 1.42. The van der Waals surface area contributed by atoms with Crippen LogP contribution in [0.4, 0.5) is 4.39 Å². The van der Waals surface area contributed by atoms with Crippen molar-refractivity contribution in [2.75, 3.05) is 13.8 Å². The van der Waals surface area contributed by atoms with Crippen LogP contribution in [0.2, 0.25) is 0 Å². The topological polar surface area (TPSA) is 21.6 Å². The summed E-state index contributed by atoms with van der Waals surface area (Å²) >= 11 is 0. The van der Waals surface area contributed by atoms with Gasteiger partial charge < -0.3 is 4.74 Å². The molecule has 0 N–H and O–H groups in total. The van der Waals surface area contributed by atoms with Crippen molar-refractivity contribution in [1.82, 2.24) is 0 Å². The molecule has 1 unspecified atom stereocenters. The minimum absolute atomic E-state index is 0.0427. The van der Waals surface area contributed by atoms with E-state index in [1.165, 1.54) is 0 Å². The summed E-state index contributed by atoms with van der Waals surface area (Å²) in [5.74, 6) is 0.545. The number of allylic oxidation sites excluding steroid dienone is 1. The number of hydrogen-bond acceptors (Lipinski definition) is 2. The van der Waals surface area contributed by atoms with Gasteiger partial charge in [-0.1, -0.05) is 0 Å². The van der Waals surface area contributed by atoms with Crippen LogP contribution in [0.5, 0.6) is 0 Å². The zero-order valence-corrected chi connectivity index (χ0v) is 5.88. The molecule has 0 fully saturated rings. The van der Waals surface area contributed by atoms with Crippen molar-refractivity contribution in [2.24, 2.45) is 10.9 Å². The third-order valence-electron chi connectivity index (χ3n) is 1.42. The van der Waals surface area contributed by atoms with Gasteiger partial charge >= 0.3 is 0 Å². The smallest absolute Gasteiger partial charge is 0.208 e. The van der Waals surface area contributed by atoms with Crippen molar-refractivity contribution in [1.29, 1.82) is 0 Å². The van der Waals surface area contributed by atoms with Crippen LogP contribution in [0.15, 0.2) is 17.0 Å². The fourth-order valence-corrected chi connectivity index (χ4v) is 0.783. The second kappa shape index (κ2) is 3.34. The first-order chi connectivity index (χ1) is 4.86. The molecule has 2 nitrogen and oxygen atoms in total. The Kier molecular flexibility index (Phi) is 2.42. The number of aliphatic imine (C=N–C) groups is 1. The van der Waals surface area contributed by atoms with Gasteiger partial charge in [0.05, 0.1) is 13.8 Å². The Bertz CT molecular complexity index is 165. The second-order valence-corrected chi connectivity index (χ2v) is 2.17. The SMILES string of the molecule is COC1=CCC(CF)C=N1. The molecule has 0 aromatic carbocycles. The van der Waals surface area contributed by atoms with Crippen LogP contribution in [-0.4, -0.2) is 20.0 Å². The molecule has 56 valence electrons. The largest absolute Gasteiger partial charge is 0.481 e. The summed E-state index contributed by atoms with van der Waals surface area (Å²) in [5, 5.41) is 0. The van der Waals surface area contributed by atoms with E-state index >= 15 is 0 Å². The molecule has 0 radical (unpaired) electrons. The van der Waals surface area contributed by atoms with Crippen molar-refractivity contribution < 1.29 is 9.13 Å². The molecule has 0 spiro atoms. The lowest BCUT2D eigenvalue weighted by molar-refractivity contribution is 0.282. The Morgan fingerprint density at radius 3 is 3.10 bits per heavy atom. The predicted molar refractivity (Wildman–Crippen MR) is 37.7 cm³/mol. The highest BCUT2D eigenvalue weighted by molar-refractivity contribution is 5.63. The van der Waals surface area contributed by atoms with Gasteiger partial charge in [0.15, 0.2) is 0 Å². The van der Waals surface area contributed by atoms with Crippen LogP contribution >= 0.6 is 0 Å². The molecule has 1 heterocycles. The standard InChI is InChI=1S/C7H10FNO/c1-10-7-3-2-6(4-8)5-9-7/h3,5-6H,2,4H2,1H3. The molecular formula is C7H10FNO. The first kappa shape index (κ1) is 7.25. The van der Waals surface area contributed by atoms with Crippen LogP contribution in [-0.2, 0) is 4.74 Å². The summed E-state index contributed by atoms with van der Waals surface area (Å²) in [5.41, 5.74) is 0. The fraction of sp³-hybridized carbons (Fsp3) is 0.571. The highest BCUT2D eigenvalue weighted by Crippen LogP contribution is 2.12. The molecule has 0 aromatic rings. The molecule has 1 aliphatic heterocycles. The van der Waals surface area contributed by atoms with E-state index in [9.17, 15) is 4.39 Å². The van der Waals surface area contributed by atoms with Crippen LogP contribution in [0.1, 0.15) is 6.42 Å². The Morgan fingerprint density at radius 1 is 1.90 bits per heavy atom. The molecule has 3 heteroatoms. The molecular weight excluding hydrogens is 133 g/mol. The molecule has 1 aliphatic rings. The van der Waals surface area contributed by atoms with Crippen molar-refractivity contribution in [3.8, 4) is 0 Å². The van der Waals surface area contributed by atoms with Crippen LogP contribution < -0.4 is 0 Å². The predicted octanol–water partition coefficient (Wildman–Crippen LogP) is 1.53. The second-order valence-electron chi connectivity index (χ2n) is 2.17. The number of alkyl halides is 1. The normalized spacial score (nSPS) is 24.2. The number of halogens is 1. The number of nitrogens with zero attached hydrogens (tertiary/aromatic N) is 1. The number of ether oxygens (including phenoxy) is 1. The van der Waals surface area contributed by atoms with Gasteiger partial charge in [-0.05, 0) is 12.5 Å². The Labute approximate surface area is 59.4 Å².